The SMILES string of the molecule is CN(CCc1cn[nH]c1)Cc1cc2n(n1)CCN(C(=O)CCC(F)(F)F)C2. The summed E-state index contributed by atoms with van der Waals surface area (Å²) in [6, 6.07) is 1.93. The minimum absolute atomic E-state index is 0.308. The lowest BCUT2D eigenvalue weighted by atomic mass is 10.2. The molecule has 0 spiro atoms. The highest BCUT2D eigenvalue weighted by atomic mass is 19.4. The van der Waals surface area contributed by atoms with Crippen LogP contribution in [0.15, 0.2) is 18.5 Å². The molecule has 0 radical (unpaired) electrons. The van der Waals surface area contributed by atoms with Crippen molar-refractivity contribution in [2.45, 2.75) is 45.1 Å². The molecule has 1 amide bonds. The van der Waals surface area contributed by atoms with Gasteiger partial charge >= 0.3 is 6.18 Å². The van der Waals surface area contributed by atoms with Crippen molar-refractivity contribution in [3.8, 4) is 0 Å². The Bertz CT molecular complexity index is 755. The summed E-state index contributed by atoms with van der Waals surface area (Å²) in [4.78, 5) is 15.6. The standard InChI is InChI=1S/C17H23F3N6O/c1-24(5-3-13-9-21-22-10-13)11-14-8-15-12-25(6-7-26(15)23-14)16(27)2-4-17(18,19)20/h8-10H,2-7,11-12H2,1H3,(H,21,22). The first-order valence-electron chi connectivity index (χ1n) is 8.86. The molecule has 1 aliphatic heterocycles. The molecule has 3 heterocycles. The monoisotopic (exact) mass is 384 g/mol. The highest BCUT2D eigenvalue weighted by Crippen LogP contribution is 2.23. The number of aromatic amines is 1. The summed E-state index contributed by atoms with van der Waals surface area (Å²) < 4.78 is 38.8. The van der Waals surface area contributed by atoms with E-state index in [1.807, 2.05) is 24.0 Å². The van der Waals surface area contributed by atoms with E-state index in [9.17, 15) is 18.0 Å². The minimum Gasteiger partial charge on any atom is -0.335 e. The molecule has 0 fully saturated rings. The first-order valence-corrected chi connectivity index (χ1v) is 8.86. The minimum atomic E-state index is -4.30. The molecule has 0 unspecified atom stereocenters. The normalized spacial score (nSPS) is 14.6. The lowest BCUT2D eigenvalue weighted by molar-refractivity contribution is -0.150. The van der Waals surface area contributed by atoms with Crippen LogP contribution in [0.2, 0.25) is 0 Å². The molecule has 2 aromatic heterocycles. The Balaban J connectivity index is 1.51. The van der Waals surface area contributed by atoms with Crippen LogP contribution in [0.5, 0.6) is 0 Å². The van der Waals surface area contributed by atoms with Gasteiger partial charge < -0.3 is 9.80 Å². The van der Waals surface area contributed by atoms with Crippen LogP contribution >= 0.6 is 0 Å². The smallest absolute Gasteiger partial charge is 0.335 e. The molecule has 1 aliphatic rings. The van der Waals surface area contributed by atoms with Crippen molar-refractivity contribution in [1.82, 2.24) is 29.8 Å². The Hall–Kier alpha value is -2.36. The number of carbonyl (C=O) groups is 1. The van der Waals surface area contributed by atoms with Crippen molar-refractivity contribution in [3.63, 3.8) is 0 Å². The van der Waals surface area contributed by atoms with E-state index >= 15 is 0 Å². The molecular formula is C17H23F3N6O. The number of hydrogen-bond donors (Lipinski definition) is 1. The quantitative estimate of drug-likeness (QED) is 0.792. The van der Waals surface area contributed by atoms with E-state index in [0.29, 0.717) is 26.2 Å². The molecule has 0 saturated heterocycles. The topological polar surface area (TPSA) is 70.1 Å². The summed E-state index contributed by atoms with van der Waals surface area (Å²) in [7, 11) is 2.01. The third-order valence-electron chi connectivity index (χ3n) is 4.59. The van der Waals surface area contributed by atoms with Crippen molar-refractivity contribution in [2.24, 2.45) is 0 Å². The number of carbonyl (C=O) groups excluding carboxylic acids is 1. The summed E-state index contributed by atoms with van der Waals surface area (Å²) in [6.45, 7) is 2.72. The second-order valence-corrected chi connectivity index (χ2v) is 6.87. The first kappa shape index (κ1) is 19.4. The van der Waals surface area contributed by atoms with Gasteiger partial charge in [0, 0.05) is 32.3 Å². The van der Waals surface area contributed by atoms with Crippen LogP contribution in [0.25, 0.3) is 0 Å². The number of likely N-dealkylation sites (N-methyl/N-ethyl adjacent to an activating group) is 1. The molecular weight excluding hydrogens is 361 g/mol. The van der Waals surface area contributed by atoms with E-state index in [4.69, 9.17) is 0 Å². The van der Waals surface area contributed by atoms with Gasteiger partial charge in [0.1, 0.15) is 0 Å². The lowest BCUT2D eigenvalue weighted by Crippen LogP contribution is -2.38. The fourth-order valence-electron chi connectivity index (χ4n) is 3.11. The van der Waals surface area contributed by atoms with Crippen LogP contribution < -0.4 is 0 Å². The van der Waals surface area contributed by atoms with Crippen molar-refractivity contribution < 1.29 is 18.0 Å². The summed E-state index contributed by atoms with van der Waals surface area (Å²) in [5.41, 5.74) is 2.89. The van der Waals surface area contributed by atoms with Gasteiger partial charge in [-0.25, -0.2) is 0 Å². The maximum absolute atomic E-state index is 12.3. The number of alkyl halides is 3. The van der Waals surface area contributed by atoms with Crippen molar-refractivity contribution in [2.75, 3.05) is 20.1 Å². The molecule has 3 rings (SSSR count). The van der Waals surface area contributed by atoms with E-state index in [0.717, 1.165) is 29.9 Å². The van der Waals surface area contributed by atoms with Crippen molar-refractivity contribution >= 4 is 5.91 Å². The molecule has 0 atom stereocenters. The van der Waals surface area contributed by atoms with Crippen LogP contribution in [0, 0.1) is 0 Å². The molecule has 0 bridgehead atoms. The van der Waals surface area contributed by atoms with E-state index in [1.54, 1.807) is 6.20 Å². The number of halogens is 3. The molecule has 27 heavy (non-hydrogen) atoms. The van der Waals surface area contributed by atoms with E-state index < -0.39 is 24.9 Å². The summed E-state index contributed by atoms with van der Waals surface area (Å²) in [5.74, 6) is -0.460. The largest absolute Gasteiger partial charge is 0.389 e. The van der Waals surface area contributed by atoms with Gasteiger partial charge in [-0.2, -0.15) is 23.4 Å². The van der Waals surface area contributed by atoms with Gasteiger partial charge in [0.05, 0.1) is 37.1 Å². The number of aromatic nitrogens is 4. The van der Waals surface area contributed by atoms with Gasteiger partial charge in [-0.05, 0) is 25.1 Å². The average molecular weight is 384 g/mol. The highest BCUT2D eigenvalue weighted by molar-refractivity contribution is 5.76. The highest BCUT2D eigenvalue weighted by Gasteiger charge is 2.30. The van der Waals surface area contributed by atoms with Crippen LogP contribution in [-0.4, -0.2) is 62.0 Å². The molecule has 7 nitrogen and oxygen atoms in total. The molecule has 0 saturated carbocycles. The second kappa shape index (κ2) is 8.12. The maximum atomic E-state index is 12.3. The zero-order valence-electron chi connectivity index (χ0n) is 15.2. The zero-order chi connectivity index (χ0) is 19.4. The van der Waals surface area contributed by atoms with Crippen molar-refractivity contribution in [1.29, 1.82) is 0 Å². The lowest BCUT2D eigenvalue weighted by Gasteiger charge is -2.27. The van der Waals surface area contributed by atoms with Crippen LogP contribution in [0.1, 0.15) is 29.8 Å². The van der Waals surface area contributed by atoms with Gasteiger partial charge in [-0.3, -0.25) is 14.6 Å². The molecule has 2 aromatic rings. The zero-order valence-corrected chi connectivity index (χ0v) is 15.2. The van der Waals surface area contributed by atoms with E-state index in [-0.39, 0.29) is 0 Å². The molecule has 0 aliphatic carbocycles. The predicted octanol–water partition coefficient (Wildman–Crippen LogP) is 1.97. The van der Waals surface area contributed by atoms with Gasteiger partial charge in [0.15, 0.2) is 0 Å². The Morgan fingerprint density at radius 2 is 2.19 bits per heavy atom. The number of amides is 1. The number of rotatable bonds is 7. The Labute approximate surface area is 155 Å². The van der Waals surface area contributed by atoms with Gasteiger partial charge in [0.25, 0.3) is 0 Å². The molecule has 10 heteroatoms. The number of H-pyrrole nitrogens is 1. The summed E-state index contributed by atoms with van der Waals surface area (Å²) in [6.07, 6.45) is -1.33. The third kappa shape index (κ3) is 5.56. The van der Waals surface area contributed by atoms with Gasteiger partial charge in [0.2, 0.25) is 5.91 Å². The van der Waals surface area contributed by atoms with Crippen LogP contribution in [-0.2, 0) is 30.8 Å². The number of nitrogens with one attached hydrogen (secondary N) is 1. The fraction of sp³-hybridized carbons (Fsp3) is 0.588. The molecule has 1 N–H and O–H groups in total. The second-order valence-electron chi connectivity index (χ2n) is 6.87. The summed E-state index contributed by atoms with van der Waals surface area (Å²) >= 11 is 0. The molecule has 0 aromatic carbocycles. The first-order chi connectivity index (χ1) is 12.8. The fourth-order valence-corrected chi connectivity index (χ4v) is 3.11. The summed E-state index contributed by atoms with van der Waals surface area (Å²) in [5, 5.41) is 11.3. The van der Waals surface area contributed by atoms with Crippen molar-refractivity contribution in [3.05, 3.63) is 35.4 Å². The molecule has 148 valence electrons. The van der Waals surface area contributed by atoms with Crippen LogP contribution in [0.4, 0.5) is 13.2 Å². The Kier molecular flexibility index (Phi) is 5.83. The number of hydrogen-bond acceptors (Lipinski definition) is 4. The van der Waals surface area contributed by atoms with Gasteiger partial charge in [-0.15, -0.1) is 0 Å². The Morgan fingerprint density at radius 3 is 2.89 bits per heavy atom. The number of nitrogens with zero attached hydrogens (tertiary/aromatic N) is 5. The maximum Gasteiger partial charge on any atom is 0.389 e. The van der Waals surface area contributed by atoms with Gasteiger partial charge in [-0.1, -0.05) is 0 Å². The predicted molar refractivity (Wildman–Crippen MR) is 91.6 cm³/mol. The number of fused-ring (bicyclic) bond motifs is 1. The van der Waals surface area contributed by atoms with Crippen LogP contribution in [0.3, 0.4) is 0 Å². The van der Waals surface area contributed by atoms with E-state index in [1.165, 1.54) is 4.90 Å². The average Bonchev–Trinajstić information content (AvgIpc) is 3.25. The van der Waals surface area contributed by atoms with E-state index in [2.05, 4.69) is 20.2 Å². The Morgan fingerprint density at radius 1 is 1.37 bits per heavy atom. The third-order valence-corrected chi connectivity index (χ3v) is 4.59.